The second-order valence-electron chi connectivity index (χ2n) is 6.90. The van der Waals surface area contributed by atoms with Crippen molar-refractivity contribution in [2.45, 2.75) is 31.8 Å². The lowest BCUT2D eigenvalue weighted by molar-refractivity contribution is 0.149. The lowest BCUT2D eigenvalue weighted by Gasteiger charge is -2.18. The van der Waals surface area contributed by atoms with Crippen molar-refractivity contribution in [1.82, 2.24) is 4.90 Å². The van der Waals surface area contributed by atoms with Crippen molar-refractivity contribution in [3.63, 3.8) is 0 Å². The minimum Gasteiger partial charge on any atom is -0.493 e. The van der Waals surface area contributed by atoms with Crippen LogP contribution in [0, 0.1) is 5.82 Å². The van der Waals surface area contributed by atoms with E-state index >= 15 is 0 Å². The number of aliphatic hydroxyl groups is 1. The minimum absolute atomic E-state index is 0.268. The van der Waals surface area contributed by atoms with Gasteiger partial charge in [-0.05, 0) is 62.2 Å². The maximum absolute atomic E-state index is 13.4. The Bertz CT molecular complexity index is 686. The van der Waals surface area contributed by atoms with Gasteiger partial charge in [0.2, 0.25) is 0 Å². The van der Waals surface area contributed by atoms with E-state index in [0.29, 0.717) is 19.6 Å². The molecule has 1 unspecified atom stereocenters. The second kappa shape index (κ2) is 10.3. The fraction of sp³-hybridized carbons (Fsp3) is 0.455. The van der Waals surface area contributed by atoms with Crippen LogP contribution >= 0.6 is 0 Å². The molecule has 3 rings (SSSR count). The highest BCUT2D eigenvalue weighted by Gasteiger charge is 2.14. The Morgan fingerprint density at radius 1 is 0.963 bits per heavy atom. The number of para-hydroxylation sites is 1. The molecule has 0 saturated carbocycles. The normalized spacial score (nSPS) is 15.6. The van der Waals surface area contributed by atoms with Crippen molar-refractivity contribution >= 4 is 0 Å². The van der Waals surface area contributed by atoms with Gasteiger partial charge in [0.1, 0.15) is 5.75 Å². The molecule has 1 saturated heterocycles. The van der Waals surface area contributed by atoms with E-state index in [1.807, 2.05) is 24.3 Å². The third kappa shape index (κ3) is 6.22. The fourth-order valence-corrected chi connectivity index (χ4v) is 3.26. The fourth-order valence-electron chi connectivity index (χ4n) is 3.26. The lowest BCUT2D eigenvalue weighted by Crippen LogP contribution is -2.22. The summed E-state index contributed by atoms with van der Waals surface area (Å²) in [5.74, 6) is 0.679. The van der Waals surface area contributed by atoms with Gasteiger partial charge >= 0.3 is 0 Å². The molecule has 1 fully saturated rings. The molecule has 0 amide bonds. The predicted octanol–water partition coefficient (Wildman–Crippen LogP) is 4.19. The zero-order chi connectivity index (χ0) is 18.9. The number of hydrogen-bond donors (Lipinski definition) is 1. The monoisotopic (exact) mass is 373 g/mol. The average molecular weight is 373 g/mol. The van der Waals surface area contributed by atoms with Crippen LogP contribution in [0.1, 0.15) is 37.4 Å². The highest BCUT2D eigenvalue weighted by molar-refractivity contribution is 5.28. The molecule has 2 aromatic rings. The SMILES string of the molecule is OC(CCN1CCCC1)c1ccc(OCCCOc2ccccc2F)cc1. The molecule has 0 bridgehead atoms. The molecule has 27 heavy (non-hydrogen) atoms. The third-order valence-electron chi connectivity index (χ3n) is 4.83. The molecule has 1 aliphatic heterocycles. The third-order valence-corrected chi connectivity index (χ3v) is 4.83. The summed E-state index contributed by atoms with van der Waals surface area (Å²) in [6.07, 6.45) is 3.53. The first-order valence-corrected chi connectivity index (χ1v) is 9.73. The Morgan fingerprint density at radius 2 is 1.67 bits per heavy atom. The largest absolute Gasteiger partial charge is 0.493 e. The van der Waals surface area contributed by atoms with E-state index in [4.69, 9.17) is 9.47 Å². The Kier molecular flexibility index (Phi) is 7.48. The highest BCUT2D eigenvalue weighted by Crippen LogP contribution is 2.22. The molecule has 146 valence electrons. The predicted molar refractivity (Wildman–Crippen MR) is 104 cm³/mol. The molecule has 0 radical (unpaired) electrons. The molecule has 2 aromatic carbocycles. The molecule has 1 heterocycles. The smallest absolute Gasteiger partial charge is 0.165 e. The first-order chi connectivity index (χ1) is 13.2. The zero-order valence-corrected chi connectivity index (χ0v) is 15.6. The molecular formula is C22H28FNO3. The molecule has 0 spiro atoms. The highest BCUT2D eigenvalue weighted by atomic mass is 19.1. The summed E-state index contributed by atoms with van der Waals surface area (Å²) in [6, 6.07) is 14.0. The van der Waals surface area contributed by atoms with Gasteiger partial charge in [-0.2, -0.15) is 0 Å². The summed E-state index contributed by atoms with van der Waals surface area (Å²) in [6.45, 7) is 4.14. The van der Waals surface area contributed by atoms with Crippen LogP contribution in [-0.2, 0) is 0 Å². The number of ether oxygens (including phenoxy) is 2. The lowest BCUT2D eigenvalue weighted by atomic mass is 10.1. The van der Waals surface area contributed by atoms with Crippen molar-refractivity contribution in [3.8, 4) is 11.5 Å². The van der Waals surface area contributed by atoms with Crippen molar-refractivity contribution in [2.75, 3.05) is 32.8 Å². The number of hydrogen-bond acceptors (Lipinski definition) is 4. The van der Waals surface area contributed by atoms with Crippen LogP contribution in [0.15, 0.2) is 48.5 Å². The molecule has 5 heteroatoms. The minimum atomic E-state index is -0.436. The summed E-state index contributed by atoms with van der Waals surface area (Å²) >= 11 is 0. The molecule has 1 atom stereocenters. The quantitative estimate of drug-likeness (QED) is 0.634. The Labute approximate surface area is 160 Å². The molecule has 1 N–H and O–H groups in total. The van der Waals surface area contributed by atoms with E-state index in [0.717, 1.165) is 37.4 Å². The van der Waals surface area contributed by atoms with Crippen LogP contribution in [0.5, 0.6) is 11.5 Å². The van der Waals surface area contributed by atoms with E-state index in [1.165, 1.54) is 18.9 Å². The topological polar surface area (TPSA) is 41.9 Å². The van der Waals surface area contributed by atoms with Gasteiger partial charge in [-0.15, -0.1) is 0 Å². The van der Waals surface area contributed by atoms with Crippen LogP contribution in [0.25, 0.3) is 0 Å². The van der Waals surface area contributed by atoms with E-state index < -0.39 is 6.10 Å². The van der Waals surface area contributed by atoms with E-state index in [1.54, 1.807) is 18.2 Å². The Hall–Kier alpha value is -2.11. The van der Waals surface area contributed by atoms with Gasteiger partial charge in [0.05, 0.1) is 19.3 Å². The summed E-state index contributed by atoms with van der Waals surface area (Å²) in [7, 11) is 0. The molecule has 1 aliphatic rings. The first kappa shape index (κ1) is 19.6. The number of benzene rings is 2. The van der Waals surface area contributed by atoms with Crippen molar-refractivity contribution < 1.29 is 19.0 Å². The van der Waals surface area contributed by atoms with Crippen molar-refractivity contribution in [2.24, 2.45) is 0 Å². The standard InChI is InChI=1S/C22H28FNO3/c23-20-6-1-2-7-22(20)27-17-5-16-26-19-10-8-18(9-11-19)21(25)12-15-24-13-3-4-14-24/h1-2,6-11,21,25H,3-5,12-17H2. The second-order valence-corrected chi connectivity index (χ2v) is 6.90. The van der Waals surface area contributed by atoms with E-state index in [2.05, 4.69) is 4.90 Å². The molecule has 0 aromatic heterocycles. The first-order valence-electron chi connectivity index (χ1n) is 9.73. The Balaban J connectivity index is 1.34. The molecule has 4 nitrogen and oxygen atoms in total. The van der Waals surface area contributed by atoms with Gasteiger partial charge in [-0.25, -0.2) is 4.39 Å². The molecular weight excluding hydrogens is 345 g/mol. The zero-order valence-electron chi connectivity index (χ0n) is 15.6. The van der Waals surface area contributed by atoms with Gasteiger partial charge < -0.3 is 19.5 Å². The number of nitrogens with zero attached hydrogens (tertiary/aromatic N) is 1. The summed E-state index contributed by atoms with van der Waals surface area (Å²) < 4.78 is 24.5. The molecule has 0 aliphatic carbocycles. The maximum Gasteiger partial charge on any atom is 0.165 e. The van der Waals surface area contributed by atoms with Crippen molar-refractivity contribution in [1.29, 1.82) is 0 Å². The van der Waals surface area contributed by atoms with Crippen LogP contribution < -0.4 is 9.47 Å². The van der Waals surface area contributed by atoms with Crippen LogP contribution in [-0.4, -0.2) is 42.9 Å². The van der Waals surface area contributed by atoms with Gasteiger partial charge in [0.15, 0.2) is 11.6 Å². The Morgan fingerprint density at radius 3 is 2.41 bits per heavy atom. The summed E-state index contributed by atoms with van der Waals surface area (Å²) in [5, 5.41) is 10.3. The maximum atomic E-state index is 13.4. The van der Waals surface area contributed by atoms with Gasteiger partial charge in [-0.1, -0.05) is 24.3 Å². The van der Waals surface area contributed by atoms with Crippen molar-refractivity contribution in [3.05, 3.63) is 59.9 Å². The number of rotatable bonds is 10. The number of aliphatic hydroxyl groups excluding tert-OH is 1. The van der Waals surface area contributed by atoms with Crippen LogP contribution in [0.3, 0.4) is 0 Å². The summed E-state index contributed by atoms with van der Waals surface area (Å²) in [5.41, 5.74) is 0.921. The van der Waals surface area contributed by atoms with Gasteiger partial charge in [-0.3, -0.25) is 0 Å². The van der Waals surface area contributed by atoms with Crippen LogP contribution in [0.4, 0.5) is 4.39 Å². The van der Waals surface area contributed by atoms with Crippen LogP contribution in [0.2, 0.25) is 0 Å². The van der Waals surface area contributed by atoms with Gasteiger partial charge in [0, 0.05) is 13.0 Å². The van der Waals surface area contributed by atoms with Gasteiger partial charge in [0.25, 0.3) is 0 Å². The van der Waals surface area contributed by atoms with E-state index in [-0.39, 0.29) is 11.6 Å². The average Bonchev–Trinajstić information content (AvgIpc) is 3.21. The number of halogens is 1. The number of likely N-dealkylation sites (tertiary alicyclic amines) is 1. The summed E-state index contributed by atoms with van der Waals surface area (Å²) in [4.78, 5) is 2.41. The van der Waals surface area contributed by atoms with E-state index in [9.17, 15) is 9.50 Å².